The Morgan fingerprint density at radius 3 is 2.36 bits per heavy atom. The van der Waals surface area contributed by atoms with Gasteiger partial charge in [-0.05, 0) is 30.0 Å². The molecule has 0 aromatic heterocycles. The number of carbonyl (C=O) groups excluding carboxylic acids is 3. The van der Waals surface area contributed by atoms with E-state index in [0.717, 1.165) is 12.0 Å². The van der Waals surface area contributed by atoms with Crippen molar-refractivity contribution in [3.8, 4) is 0 Å². The van der Waals surface area contributed by atoms with Gasteiger partial charge in [0.05, 0.1) is 0 Å². The maximum atomic E-state index is 12.9. The summed E-state index contributed by atoms with van der Waals surface area (Å²) < 4.78 is 0. The largest absolute Gasteiger partial charge is 0.355 e. The molecule has 3 amide bonds. The third-order valence-electron chi connectivity index (χ3n) is 4.57. The van der Waals surface area contributed by atoms with Crippen LogP contribution in [0.3, 0.4) is 0 Å². The molecule has 0 bridgehead atoms. The van der Waals surface area contributed by atoms with Crippen LogP contribution in [0.1, 0.15) is 42.6 Å². The van der Waals surface area contributed by atoms with Gasteiger partial charge >= 0.3 is 0 Å². The van der Waals surface area contributed by atoms with Crippen LogP contribution < -0.4 is 5.32 Å². The third-order valence-corrected chi connectivity index (χ3v) is 4.57. The van der Waals surface area contributed by atoms with Gasteiger partial charge in [0, 0.05) is 39.2 Å². The number of nitrogens with one attached hydrogen (secondary N) is 1. The van der Waals surface area contributed by atoms with Gasteiger partial charge in [-0.15, -0.1) is 0 Å². The highest BCUT2D eigenvalue weighted by Gasteiger charge is 2.36. The highest BCUT2D eigenvalue weighted by Crippen LogP contribution is 2.21. The molecule has 1 aliphatic heterocycles. The maximum absolute atomic E-state index is 12.9. The van der Waals surface area contributed by atoms with Gasteiger partial charge in [0.25, 0.3) is 5.91 Å². The molecule has 1 N–H and O–H groups in total. The van der Waals surface area contributed by atoms with Crippen molar-refractivity contribution in [1.82, 2.24) is 15.1 Å². The Hall–Kier alpha value is -2.37. The fourth-order valence-corrected chi connectivity index (χ4v) is 3.22. The third kappa shape index (κ3) is 4.38. The smallest absolute Gasteiger partial charge is 0.251 e. The van der Waals surface area contributed by atoms with Gasteiger partial charge in [0.15, 0.2) is 0 Å². The van der Waals surface area contributed by atoms with E-state index >= 15 is 0 Å². The molecule has 1 heterocycles. The van der Waals surface area contributed by atoms with E-state index in [9.17, 15) is 14.4 Å². The molecule has 1 aliphatic rings. The van der Waals surface area contributed by atoms with Gasteiger partial charge in [0.1, 0.15) is 6.04 Å². The molecule has 0 unspecified atom stereocenters. The summed E-state index contributed by atoms with van der Waals surface area (Å²) in [4.78, 5) is 39.9. The van der Waals surface area contributed by atoms with Crippen molar-refractivity contribution in [2.45, 2.75) is 39.3 Å². The summed E-state index contributed by atoms with van der Waals surface area (Å²) in [5.41, 5.74) is 1.53. The molecular weight excluding hydrogens is 318 g/mol. The van der Waals surface area contributed by atoms with Gasteiger partial charge in [-0.2, -0.15) is 0 Å². The van der Waals surface area contributed by atoms with Crippen LogP contribution in [0.2, 0.25) is 0 Å². The second-order valence-electron chi connectivity index (χ2n) is 6.85. The SMILES string of the molecule is CNC(=O)c1ccc(CN(C)C(=O)[C@H](C(C)C)N2CCCC2=O)cc1. The molecule has 2 rings (SSSR count). The van der Waals surface area contributed by atoms with Crippen LogP contribution in [-0.2, 0) is 16.1 Å². The molecule has 1 aromatic rings. The lowest BCUT2D eigenvalue weighted by Crippen LogP contribution is -2.50. The Kier molecular flexibility index (Phi) is 6.17. The quantitative estimate of drug-likeness (QED) is 0.852. The molecule has 1 saturated heterocycles. The minimum Gasteiger partial charge on any atom is -0.355 e. The van der Waals surface area contributed by atoms with E-state index in [-0.39, 0.29) is 23.6 Å². The van der Waals surface area contributed by atoms with Crippen molar-refractivity contribution in [2.24, 2.45) is 5.92 Å². The first-order valence-electron chi connectivity index (χ1n) is 8.70. The summed E-state index contributed by atoms with van der Waals surface area (Å²) in [6.45, 7) is 5.04. The van der Waals surface area contributed by atoms with Gasteiger partial charge in [-0.1, -0.05) is 26.0 Å². The summed E-state index contributed by atoms with van der Waals surface area (Å²) >= 11 is 0. The lowest BCUT2D eigenvalue weighted by atomic mass is 10.0. The Balaban J connectivity index is 2.07. The summed E-state index contributed by atoms with van der Waals surface area (Å²) in [6.07, 6.45) is 1.35. The standard InChI is InChI=1S/C19H27N3O3/c1-13(2)17(22-11-5-6-16(22)23)19(25)21(4)12-14-7-9-15(10-8-14)18(24)20-3/h7-10,13,17H,5-6,11-12H2,1-4H3,(H,20,24)/t17-/m0/s1. The maximum Gasteiger partial charge on any atom is 0.251 e. The van der Waals surface area contributed by atoms with Crippen molar-refractivity contribution in [2.75, 3.05) is 20.6 Å². The zero-order valence-electron chi connectivity index (χ0n) is 15.4. The number of rotatable bonds is 6. The van der Waals surface area contributed by atoms with E-state index in [1.165, 1.54) is 0 Å². The first-order valence-corrected chi connectivity index (χ1v) is 8.70. The van der Waals surface area contributed by atoms with Crippen molar-refractivity contribution >= 4 is 17.7 Å². The Bertz CT molecular complexity index is 640. The van der Waals surface area contributed by atoms with E-state index in [1.54, 1.807) is 36.0 Å². The lowest BCUT2D eigenvalue weighted by molar-refractivity contribution is -0.144. The number of hydrogen-bond acceptors (Lipinski definition) is 3. The van der Waals surface area contributed by atoms with Crippen LogP contribution in [0.15, 0.2) is 24.3 Å². The number of likely N-dealkylation sites (N-methyl/N-ethyl adjacent to an activating group) is 1. The summed E-state index contributed by atoms with van der Waals surface area (Å²) in [5.74, 6) is -0.0490. The van der Waals surface area contributed by atoms with E-state index < -0.39 is 6.04 Å². The van der Waals surface area contributed by atoms with Crippen LogP contribution in [0, 0.1) is 5.92 Å². The first-order chi connectivity index (χ1) is 11.8. The molecule has 6 heteroatoms. The molecule has 0 aliphatic carbocycles. The number of benzene rings is 1. The van der Waals surface area contributed by atoms with Gasteiger partial charge in [0.2, 0.25) is 11.8 Å². The van der Waals surface area contributed by atoms with Crippen molar-refractivity contribution in [3.63, 3.8) is 0 Å². The second-order valence-corrected chi connectivity index (χ2v) is 6.85. The fraction of sp³-hybridized carbons (Fsp3) is 0.526. The zero-order chi connectivity index (χ0) is 18.6. The normalized spacial score (nSPS) is 15.4. The number of carbonyl (C=O) groups is 3. The van der Waals surface area contributed by atoms with Crippen molar-refractivity contribution in [3.05, 3.63) is 35.4 Å². The predicted octanol–water partition coefficient (Wildman–Crippen LogP) is 1.65. The predicted molar refractivity (Wildman–Crippen MR) is 95.9 cm³/mol. The second kappa shape index (κ2) is 8.14. The molecule has 0 radical (unpaired) electrons. The van der Waals surface area contributed by atoms with Crippen LogP contribution >= 0.6 is 0 Å². The minimum atomic E-state index is -0.412. The first kappa shape index (κ1) is 19.0. The Labute approximate surface area is 149 Å². The summed E-state index contributed by atoms with van der Waals surface area (Å²) in [7, 11) is 3.35. The molecule has 0 saturated carbocycles. The van der Waals surface area contributed by atoms with Gasteiger partial charge < -0.3 is 15.1 Å². The average molecular weight is 345 g/mol. The molecule has 1 fully saturated rings. The molecule has 1 aromatic carbocycles. The van der Waals surface area contributed by atoms with Crippen LogP contribution in [0.4, 0.5) is 0 Å². The number of amides is 3. The molecule has 25 heavy (non-hydrogen) atoms. The number of likely N-dealkylation sites (tertiary alicyclic amines) is 1. The van der Waals surface area contributed by atoms with Gasteiger partial charge in [-0.25, -0.2) is 0 Å². The van der Waals surface area contributed by atoms with Crippen molar-refractivity contribution < 1.29 is 14.4 Å². The van der Waals surface area contributed by atoms with Crippen molar-refractivity contribution in [1.29, 1.82) is 0 Å². The van der Waals surface area contributed by atoms with E-state index in [2.05, 4.69) is 5.32 Å². The Morgan fingerprint density at radius 2 is 1.88 bits per heavy atom. The van der Waals surface area contributed by atoms with Crippen LogP contribution in [0.25, 0.3) is 0 Å². The van der Waals surface area contributed by atoms with Gasteiger partial charge in [-0.3, -0.25) is 14.4 Å². The Morgan fingerprint density at radius 1 is 1.24 bits per heavy atom. The molecule has 0 spiro atoms. The monoisotopic (exact) mass is 345 g/mol. The molecule has 136 valence electrons. The molecule has 1 atom stereocenters. The number of nitrogens with zero attached hydrogens (tertiary/aromatic N) is 2. The minimum absolute atomic E-state index is 0.0411. The van der Waals surface area contributed by atoms with Crippen LogP contribution in [0.5, 0.6) is 0 Å². The highest BCUT2D eigenvalue weighted by atomic mass is 16.2. The lowest BCUT2D eigenvalue weighted by Gasteiger charge is -2.33. The number of hydrogen-bond donors (Lipinski definition) is 1. The topological polar surface area (TPSA) is 69.7 Å². The van der Waals surface area contributed by atoms with Crippen LogP contribution in [-0.4, -0.2) is 54.2 Å². The van der Waals surface area contributed by atoms with E-state index in [0.29, 0.717) is 25.1 Å². The van der Waals surface area contributed by atoms with E-state index in [1.807, 2.05) is 26.0 Å². The summed E-state index contributed by atoms with van der Waals surface area (Å²) in [6, 6.07) is 6.77. The van der Waals surface area contributed by atoms with E-state index in [4.69, 9.17) is 0 Å². The summed E-state index contributed by atoms with van der Waals surface area (Å²) in [5, 5.41) is 2.58. The fourth-order valence-electron chi connectivity index (χ4n) is 3.22. The molecular formula is C19H27N3O3. The molecule has 6 nitrogen and oxygen atoms in total. The average Bonchev–Trinajstić information content (AvgIpc) is 3.00. The zero-order valence-corrected chi connectivity index (χ0v) is 15.4. The highest BCUT2D eigenvalue weighted by molar-refractivity contribution is 5.94.